The Morgan fingerprint density at radius 2 is 1.94 bits per heavy atom. The largest absolute Gasteiger partial charge is 0.395 e. The zero-order valence-electron chi connectivity index (χ0n) is 18.3. The van der Waals surface area contributed by atoms with Gasteiger partial charge in [0.05, 0.1) is 23.2 Å². The van der Waals surface area contributed by atoms with E-state index in [0.29, 0.717) is 6.54 Å². The molecule has 2 unspecified atom stereocenters. The Morgan fingerprint density at radius 3 is 2.58 bits per heavy atom. The Labute approximate surface area is 187 Å². The molecule has 0 radical (unpaired) electrons. The average molecular weight is 446 g/mol. The Kier molecular flexibility index (Phi) is 5.81. The third kappa shape index (κ3) is 3.84. The van der Waals surface area contributed by atoms with E-state index < -0.39 is 28.2 Å². The maximum Gasteiger partial charge on any atom is 0.244 e. The highest BCUT2D eigenvalue weighted by Gasteiger charge is 2.73. The van der Waals surface area contributed by atoms with Crippen LogP contribution in [0.25, 0.3) is 0 Å². The molecule has 3 aliphatic rings. The lowest BCUT2D eigenvalue weighted by atomic mass is 9.70. The van der Waals surface area contributed by atoms with Crippen LogP contribution in [-0.4, -0.2) is 62.5 Å². The van der Waals surface area contributed by atoms with E-state index in [4.69, 9.17) is 0 Å². The summed E-state index contributed by atoms with van der Waals surface area (Å²) >= 11 is 1.64. The van der Waals surface area contributed by atoms with Gasteiger partial charge in [0.1, 0.15) is 6.04 Å². The zero-order chi connectivity index (χ0) is 22.4. The van der Waals surface area contributed by atoms with Crippen LogP contribution in [0.4, 0.5) is 0 Å². The molecule has 3 fully saturated rings. The highest BCUT2D eigenvalue weighted by Crippen LogP contribution is 2.66. The number of likely N-dealkylation sites (tertiary alicyclic amines) is 1. The van der Waals surface area contributed by atoms with Gasteiger partial charge in [0, 0.05) is 23.9 Å². The van der Waals surface area contributed by atoms with Crippen molar-refractivity contribution in [3.63, 3.8) is 0 Å². The van der Waals surface area contributed by atoms with Crippen molar-refractivity contribution in [2.75, 3.05) is 13.2 Å². The number of hydrogen-bond donors (Lipinski definition) is 3. The summed E-state index contributed by atoms with van der Waals surface area (Å²) in [4.78, 5) is 41.5. The molecule has 0 aliphatic carbocycles. The van der Waals surface area contributed by atoms with Gasteiger partial charge in [-0.2, -0.15) is 0 Å². The first-order valence-corrected chi connectivity index (χ1v) is 11.8. The molecule has 3 N–H and O–H groups in total. The molecule has 3 aliphatic heterocycles. The number of hydrogen-bond acceptors (Lipinski definition) is 5. The monoisotopic (exact) mass is 445 g/mol. The van der Waals surface area contributed by atoms with Crippen LogP contribution < -0.4 is 10.6 Å². The summed E-state index contributed by atoms with van der Waals surface area (Å²) in [6, 6.07) is 9.02. The molecule has 0 saturated carbocycles. The van der Waals surface area contributed by atoms with Crippen LogP contribution in [0.1, 0.15) is 39.2 Å². The van der Waals surface area contributed by atoms with Crippen molar-refractivity contribution in [3.05, 3.63) is 35.9 Å². The van der Waals surface area contributed by atoms with Crippen molar-refractivity contribution in [1.29, 1.82) is 0 Å². The number of nitrogens with zero attached hydrogens (tertiary/aromatic N) is 1. The molecular formula is C23H31N3O4S. The first-order valence-electron chi connectivity index (χ1n) is 10.9. The van der Waals surface area contributed by atoms with Crippen LogP contribution in [0.15, 0.2) is 30.3 Å². The lowest BCUT2D eigenvalue weighted by molar-refractivity contribution is -0.140. The summed E-state index contributed by atoms with van der Waals surface area (Å²) in [6.07, 6.45) is 1.54. The number of rotatable bonds is 6. The topological polar surface area (TPSA) is 98.7 Å². The second-order valence-corrected chi connectivity index (χ2v) is 11.4. The predicted molar refractivity (Wildman–Crippen MR) is 119 cm³/mol. The number of aliphatic hydroxyl groups excluding tert-OH is 1. The molecule has 168 valence electrons. The van der Waals surface area contributed by atoms with Crippen LogP contribution >= 0.6 is 11.8 Å². The van der Waals surface area contributed by atoms with Gasteiger partial charge in [-0.05, 0) is 39.2 Å². The maximum atomic E-state index is 13.5. The summed E-state index contributed by atoms with van der Waals surface area (Å²) in [7, 11) is 0. The number of nitrogens with one attached hydrogen (secondary N) is 2. The summed E-state index contributed by atoms with van der Waals surface area (Å²) in [6.45, 7) is 6.02. The first kappa shape index (κ1) is 22.1. The van der Waals surface area contributed by atoms with Crippen LogP contribution in [0.2, 0.25) is 0 Å². The van der Waals surface area contributed by atoms with Gasteiger partial charge in [-0.3, -0.25) is 14.4 Å². The molecule has 3 saturated heterocycles. The molecule has 1 aromatic carbocycles. The third-order valence-corrected chi connectivity index (χ3v) is 8.45. The molecule has 7 nitrogen and oxygen atoms in total. The third-order valence-electron chi connectivity index (χ3n) is 6.50. The molecule has 2 bridgehead atoms. The summed E-state index contributed by atoms with van der Waals surface area (Å²) in [5.74, 6) is -1.49. The van der Waals surface area contributed by atoms with E-state index in [0.717, 1.165) is 18.4 Å². The fraction of sp³-hybridized carbons (Fsp3) is 0.609. The van der Waals surface area contributed by atoms with Gasteiger partial charge in [0.25, 0.3) is 0 Å². The van der Waals surface area contributed by atoms with Gasteiger partial charge < -0.3 is 20.6 Å². The molecule has 3 heterocycles. The second-order valence-electron chi connectivity index (χ2n) is 9.75. The number of benzene rings is 1. The van der Waals surface area contributed by atoms with Gasteiger partial charge in [-0.15, -0.1) is 11.8 Å². The Morgan fingerprint density at radius 1 is 1.23 bits per heavy atom. The number of fused-ring (bicyclic) bond motifs is 1. The van der Waals surface area contributed by atoms with Gasteiger partial charge in [-0.1, -0.05) is 30.3 Å². The van der Waals surface area contributed by atoms with Crippen molar-refractivity contribution >= 4 is 29.5 Å². The minimum Gasteiger partial charge on any atom is -0.395 e. The number of amides is 3. The van der Waals surface area contributed by atoms with E-state index in [9.17, 15) is 19.5 Å². The summed E-state index contributed by atoms with van der Waals surface area (Å²) in [5, 5.41) is 15.6. The SMILES string of the molecule is CC(C)(C)NC(=O)C1N(CCO)C(=O)[C@@H]2[C@H](C(=O)NCc3ccccc3)[C@@H]3CCC12S3. The van der Waals surface area contributed by atoms with Crippen molar-refractivity contribution < 1.29 is 19.5 Å². The van der Waals surface area contributed by atoms with Crippen molar-refractivity contribution in [1.82, 2.24) is 15.5 Å². The number of β-amino-alcohol motifs (C(OH)–C–C–N with tert-alkyl or cyclic N) is 1. The van der Waals surface area contributed by atoms with Gasteiger partial charge in [0.15, 0.2) is 0 Å². The molecule has 5 atom stereocenters. The second kappa shape index (κ2) is 8.13. The first-order chi connectivity index (χ1) is 14.7. The van der Waals surface area contributed by atoms with E-state index >= 15 is 0 Å². The van der Waals surface area contributed by atoms with E-state index in [1.807, 2.05) is 51.1 Å². The van der Waals surface area contributed by atoms with Gasteiger partial charge in [0.2, 0.25) is 17.7 Å². The lowest BCUT2D eigenvalue weighted by Crippen LogP contribution is -2.57. The molecule has 1 aromatic rings. The Bertz CT molecular complexity index is 871. The van der Waals surface area contributed by atoms with E-state index in [1.54, 1.807) is 11.8 Å². The number of carbonyl (C=O) groups excluding carboxylic acids is 3. The minimum absolute atomic E-state index is 0.0333. The van der Waals surface area contributed by atoms with E-state index in [2.05, 4.69) is 10.6 Å². The molecule has 0 aromatic heterocycles. The smallest absolute Gasteiger partial charge is 0.244 e. The van der Waals surface area contributed by atoms with Crippen molar-refractivity contribution in [2.45, 2.75) is 61.7 Å². The van der Waals surface area contributed by atoms with Crippen LogP contribution in [-0.2, 0) is 20.9 Å². The fourth-order valence-corrected chi connectivity index (χ4v) is 7.66. The molecular weight excluding hydrogens is 414 g/mol. The average Bonchev–Trinajstić information content (AvgIpc) is 3.34. The molecule has 8 heteroatoms. The fourth-order valence-electron chi connectivity index (χ4n) is 5.44. The standard InChI is InChI=1S/C23H31N3O4S/c1-22(2,3)25-20(29)18-23-10-9-15(31-23)16(17(23)21(30)26(18)11-12-27)19(28)24-13-14-7-5-4-6-8-14/h4-8,15-18,27H,9-13H2,1-3H3,(H,24,28)(H,25,29)/t15-,16+,17-,18?,23?/m0/s1. The van der Waals surface area contributed by atoms with Crippen LogP contribution in [0.3, 0.4) is 0 Å². The van der Waals surface area contributed by atoms with E-state index in [-0.39, 0.29) is 36.1 Å². The molecule has 4 rings (SSSR count). The summed E-state index contributed by atoms with van der Waals surface area (Å²) < 4.78 is -0.610. The normalized spacial score (nSPS) is 31.6. The minimum atomic E-state index is -0.668. The number of thioether (sulfide) groups is 1. The van der Waals surface area contributed by atoms with Crippen LogP contribution in [0.5, 0.6) is 0 Å². The van der Waals surface area contributed by atoms with Gasteiger partial charge >= 0.3 is 0 Å². The zero-order valence-corrected chi connectivity index (χ0v) is 19.1. The highest BCUT2D eigenvalue weighted by molar-refractivity contribution is 8.02. The van der Waals surface area contributed by atoms with Gasteiger partial charge in [-0.25, -0.2) is 0 Å². The van der Waals surface area contributed by atoms with E-state index in [1.165, 1.54) is 4.90 Å². The molecule has 1 spiro atoms. The maximum absolute atomic E-state index is 13.5. The number of aliphatic hydroxyl groups is 1. The predicted octanol–water partition coefficient (Wildman–Crippen LogP) is 1.30. The molecule has 3 amide bonds. The lowest BCUT2D eigenvalue weighted by Gasteiger charge is -2.36. The van der Waals surface area contributed by atoms with Crippen molar-refractivity contribution in [2.24, 2.45) is 11.8 Å². The Hall–Kier alpha value is -2.06. The van der Waals surface area contributed by atoms with Crippen molar-refractivity contribution in [3.8, 4) is 0 Å². The summed E-state index contributed by atoms with van der Waals surface area (Å²) in [5.41, 5.74) is 0.566. The van der Waals surface area contributed by atoms with Crippen LogP contribution in [0, 0.1) is 11.8 Å². The quantitative estimate of drug-likeness (QED) is 0.613. The Balaban J connectivity index is 1.60. The molecule has 31 heavy (non-hydrogen) atoms. The highest BCUT2D eigenvalue weighted by atomic mass is 32.2. The number of carbonyl (C=O) groups is 3.